The van der Waals surface area contributed by atoms with Crippen molar-refractivity contribution in [2.24, 2.45) is 0 Å². The molecule has 0 bridgehead atoms. The highest BCUT2D eigenvalue weighted by molar-refractivity contribution is 5.71. The molecule has 0 aromatic heterocycles. The lowest BCUT2D eigenvalue weighted by molar-refractivity contribution is -0.167. The number of carbonyl (C=O) groups excluding carboxylic acids is 3. The molecule has 0 saturated heterocycles. The van der Waals surface area contributed by atoms with Crippen molar-refractivity contribution in [3.05, 3.63) is 146 Å². The van der Waals surface area contributed by atoms with Crippen LogP contribution in [0.15, 0.2) is 146 Å². The van der Waals surface area contributed by atoms with Gasteiger partial charge in [-0.2, -0.15) is 0 Å². The average Bonchev–Trinajstić information content (AvgIpc) is 3.49. The predicted molar refractivity (Wildman–Crippen MR) is 362 cm³/mol. The lowest BCUT2D eigenvalue weighted by Crippen LogP contribution is -2.30. The highest BCUT2D eigenvalue weighted by Crippen LogP contribution is 2.16. The molecule has 6 heteroatoms. The first-order valence-corrected chi connectivity index (χ1v) is 34.3. The smallest absolute Gasteiger partial charge is 0.306 e. The van der Waals surface area contributed by atoms with Gasteiger partial charge in [-0.15, -0.1) is 0 Å². The van der Waals surface area contributed by atoms with E-state index in [4.69, 9.17) is 14.2 Å². The van der Waals surface area contributed by atoms with E-state index in [1.54, 1.807) is 0 Å². The van der Waals surface area contributed by atoms with E-state index < -0.39 is 6.10 Å². The normalized spacial score (nSPS) is 13.0. The van der Waals surface area contributed by atoms with Crippen molar-refractivity contribution in [3.8, 4) is 0 Å². The molecule has 0 amide bonds. The lowest BCUT2D eigenvalue weighted by atomic mass is 10.1. The minimum absolute atomic E-state index is 0.0903. The van der Waals surface area contributed by atoms with Crippen LogP contribution in [0.4, 0.5) is 0 Å². The Labute approximate surface area is 512 Å². The second-order valence-electron chi connectivity index (χ2n) is 22.3. The maximum Gasteiger partial charge on any atom is 0.306 e. The zero-order chi connectivity index (χ0) is 59.9. The summed E-state index contributed by atoms with van der Waals surface area (Å²) in [7, 11) is 0. The number of hydrogen-bond acceptors (Lipinski definition) is 6. The highest BCUT2D eigenvalue weighted by Gasteiger charge is 2.19. The number of hydrogen-bond donors (Lipinski definition) is 0. The van der Waals surface area contributed by atoms with Gasteiger partial charge in [0.25, 0.3) is 0 Å². The molecule has 0 fully saturated rings. The van der Waals surface area contributed by atoms with Crippen LogP contribution >= 0.6 is 0 Å². The molecule has 0 radical (unpaired) electrons. The Bertz CT molecular complexity index is 1800. The summed E-state index contributed by atoms with van der Waals surface area (Å²) in [4.78, 5) is 38.5. The quantitative estimate of drug-likeness (QED) is 0.0261. The number of ether oxygens (including phenoxy) is 3. The minimum atomic E-state index is -0.797. The third kappa shape index (κ3) is 68.0. The second-order valence-corrected chi connectivity index (χ2v) is 22.3. The molecular formula is C77H126O6. The van der Waals surface area contributed by atoms with E-state index in [0.29, 0.717) is 19.3 Å². The van der Waals surface area contributed by atoms with Gasteiger partial charge in [0.2, 0.25) is 0 Å². The van der Waals surface area contributed by atoms with Crippen molar-refractivity contribution >= 4 is 17.9 Å². The summed E-state index contributed by atoms with van der Waals surface area (Å²) < 4.78 is 17.0. The van der Waals surface area contributed by atoms with Gasteiger partial charge in [-0.3, -0.25) is 14.4 Å². The summed E-state index contributed by atoms with van der Waals surface area (Å²) in [5, 5.41) is 0. The molecule has 0 heterocycles. The van der Waals surface area contributed by atoms with Crippen LogP contribution in [0.5, 0.6) is 0 Å². The highest BCUT2D eigenvalue weighted by atomic mass is 16.6. The first-order valence-electron chi connectivity index (χ1n) is 34.3. The van der Waals surface area contributed by atoms with Crippen molar-refractivity contribution in [2.45, 2.75) is 309 Å². The van der Waals surface area contributed by atoms with Gasteiger partial charge in [0.15, 0.2) is 6.10 Å². The van der Waals surface area contributed by atoms with Crippen molar-refractivity contribution in [2.75, 3.05) is 13.2 Å². The van der Waals surface area contributed by atoms with Crippen LogP contribution in [-0.4, -0.2) is 37.2 Å². The summed E-state index contributed by atoms with van der Waals surface area (Å²) in [5.74, 6) is -0.904. The fourth-order valence-corrected chi connectivity index (χ4v) is 9.30. The Morgan fingerprint density at radius 3 is 0.675 bits per heavy atom. The molecule has 0 aliphatic heterocycles. The largest absolute Gasteiger partial charge is 0.462 e. The van der Waals surface area contributed by atoms with Gasteiger partial charge in [-0.25, -0.2) is 0 Å². The molecule has 0 aromatic rings. The van der Waals surface area contributed by atoms with Gasteiger partial charge in [-0.1, -0.05) is 295 Å². The molecule has 470 valence electrons. The van der Waals surface area contributed by atoms with E-state index in [1.165, 1.54) is 116 Å². The molecule has 83 heavy (non-hydrogen) atoms. The maximum atomic E-state index is 13.0. The van der Waals surface area contributed by atoms with Crippen molar-refractivity contribution in [1.29, 1.82) is 0 Å². The Kier molecular flexibility index (Phi) is 65.8. The summed E-state index contributed by atoms with van der Waals surface area (Å²) in [6, 6.07) is 0. The third-order valence-electron chi connectivity index (χ3n) is 14.3. The van der Waals surface area contributed by atoms with Gasteiger partial charge in [-0.05, 0) is 135 Å². The Morgan fingerprint density at radius 1 is 0.241 bits per heavy atom. The number of unbranched alkanes of at least 4 members (excludes halogenated alkanes) is 26. The van der Waals surface area contributed by atoms with Gasteiger partial charge in [0, 0.05) is 19.3 Å². The zero-order valence-corrected chi connectivity index (χ0v) is 53.9. The number of rotatable bonds is 61. The van der Waals surface area contributed by atoms with Crippen LogP contribution in [0.2, 0.25) is 0 Å². The van der Waals surface area contributed by atoms with E-state index in [0.717, 1.165) is 148 Å². The van der Waals surface area contributed by atoms with Crippen LogP contribution < -0.4 is 0 Å². The topological polar surface area (TPSA) is 78.9 Å². The van der Waals surface area contributed by atoms with Crippen LogP contribution in [0, 0.1) is 0 Å². The summed E-state index contributed by atoms with van der Waals surface area (Å²) >= 11 is 0. The van der Waals surface area contributed by atoms with E-state index in [9.17, 15) is 14.4 Å². The van der Waals surface area contributed by atoms with Gasteiger partial charge in [0.1, 0.15) is 13.2 Å². The number of carbonyl (C=O) groups is 3. The second kappa shape index (κ2) is 69.8. The Balaban J connectivity index is 4.44. The fourth-order valence-electron chi connectivity index (χ4n) is 9.30. The molecule has 0 N–H and O–H groups in total. The van der Waals surface area contributed by atoms with Gasteiger partial charge in [0.05, 0.1) is 0 Å². The molecule has 0 saturated carbocycles. The molecule has 0 aliphatic carbocycles. The third-order valence-corrected chi connectivity index (χ3v) is 14.3. The summed E-state index contributed by atoms with van der Waals surface area (Å²) in [6.07, 6.45) is 99.9. The molecule has 6 nitrogen and oxygen atoms in total. The molecule has 0 spiro atoms. The maximum absolute atomic E-state index is 13.0. The fraction of sp³-hybridized carbons (Fsp3) is 0.649. The summed E-state index contributed by atoms with van der Waals surface area (Å²) in [6.45, 7) is 6.31. The monoisotopic (exact) mass is 1150 g/mol. The summed E-state index contributed by atoms with van der Waals surface area (Å²) in [5.41, 5.74) is 0. The van der Waals surface area contributed by atoms with Crippen LogP contribution in [0.3, 0.4) is 0 Å². The van der Waals surface area contributed by atoms with Gasteiger partial charge >= 0.3 is 17.9 Å². The molecule has 0 rings (SSSR count). The standard InChI is InChI=1S/C77H126O6/c1-4-7-10-13-16-19-22-25-28-31-34-37-38-41-43-46-49-52-55-58-61-64-67-70-76(79)82-73-74(83-77(80)71-68-65-62-59-56-53-50-47-44-40-36-33-30-27-24-21-18-15-12-9-6-3)72-81-75(78)69-66-63-60-57-54-51-48-45-42-39-35-32-29-26-23-20-17-14-11-8-5-2/h7-12,16-21,25-30,34-37,39-40,74H,4-6,13-15,22-24,31-33,38,41-73H2,1-3H3/b10-7-,11-8-,12-9-,19-16-,20-17-,21-18-,28-25-,29-26-,30-27-,37-34-,39-35-,40-36-. The average molecular weight is 1150 g/mol. The lowest BCUT2D eigenvalue weighted by Gasteiger charge is -2.18. The SMILES string of the molecule is CC/C=C\C/C=C\C/C=C\C/C=C\CCCCCCCCCCCCC(=O)OCC(COC(=O)CCCCCCCCCC/C=C\C/C=C\C/C=C\C/C=C\CC)OC(=O)CCCCCCCCCC/C=C\C/C=C\C/C=C\C/C=C\CC. The van der Waals surface area contributed by atoms with E-state index in [2.05, 4.69) is 167 Å². The van der Waals surface area contributed by atoms with E-state index in [1.807, 2.05) is 0 Å². The van der Waals surface area contributed by atoms with Crippen LogP contribution in [0.25, 0.3) is 0 Å². The predicted octanol–water partition coefficient (Wildman–Crippen LogP) is 23.9. The Hall–Kier alpha value is -4.71. The van der Waals surface area contributed by atoms with Gasteiger partial charge < -0.3 is 14.2 Å². The molecule has 0 aromatic carbocycles. The van der Waals surface area contributed by atoms with E-state index in [-0.39, 0.29) is 31.1 Å². The molecule has 1 unspecified atom stereocenters. The van der Waals surface area contributed by atoms with E-state index >= 15 is 0 Å². The molecule has 0 aliphatic rings. The van der Waals surface area contributed by atoms with Crippen molar-refractivity contribution in [3.63, 3.8) is 0 Å². The van der Waals surface area contributed by atoms with Crippen molar-refractivity contribution in [1.82, 2.24) is 0 Å². The first-order chi connectivity index (χ1) is 41.0. The Morgan fingerprint density at radius 2 is 0.434 bits per heavy atom. The van der Waals surface area contributed by atoms with Crippen molar-refractivity contribution < 1.29 is 28.6 Å². The first kappa shape index (κ1) is 78.3. The van der Waals surface area contributed by atoms with Crippen LogP contribution in [0.1, 0.15) is 303 Å². The molecular weight excluding hydrogens is 1020 g/mol. The minimum Gasteiger partial charge on any atom is -0.462 e. The molecule has 1 atom stereocenters. The zero-order valence-electron chi connectivity index (χ0n) is 53.9. The van der Waals surface area contributed by atoms with Crippen LogP contribution in [-0.2, 0) is 28.6 Å². The number of allylic oxidation sites excluding steroid dienone is 24. The number of esters is 3.